The van der Waals surface area contributed by atoms with Crippen molar-refractivity contribution in [2.75, 3.05) is 4.90 Å². The number of amides is 2. The van der Waals surface area contributed by atoms with Crippen LogP contribution in [0, 0.1) is 11.8 Å². The van der Waals surface area contributed by atoms with Crippen molar-refractivity contribution in [1.29, 1.82) is 0 Å². The summed E-state index contributed by atoms with van der Waals surface area (Å²) in [6.07, 6.45) is 2.99. The molecule has 3 aliphatic heterocycles. The van der Waals surface area contributed by atoms with Gasteiger partial charge in [0.05, 0.1) is 29.1 Å². The lowest BCUT2D eigenvalue weighted by Crippen LogP contribution is -2.34. The summed E-state index contributed by atoms with van der Waals surface area (Å²) in [6.45, 7) is 0. The van der Waals surface area contributed by atoms with Crippen molar-refractivity contribution in [1.82, 2.24) is 4.98 Å². The number of halogens is 1. The normalized spacial score (nSPS) is 36.2. The number of ether oxygens (including phenoxy) is 1. The Bertz CT molecular complexity index is 546. The minimum Gasteiger partial charge on any atom is -0.373 e. The molecule has 4 atom stereocenters. The molecule has 3 saturated heterocycles. The van der Waals surface area contributed by atoms with Crippen LogP contribution in [0.4, 0.5) is 5.82 Å². The highest BCUT2D eigenvalue weighted by Crippen LogP contribution is 2.49. The zero-order valence-corrected chi connectivity index (χ0v) is 10.7. The quantitative estimate of drug-likeness (QED) is 0.729. The Morgan fingerprint density at radius 2 is 1.79 bits per heavy atom. The molecule has 0 unspecified atom stereocenters. The van der Waals surface area contributed by atoms with Crippen LogP contribution in [-0.4, -0.2) is 29.0 Å². The third-order valence-electron chi connectivity index (χ3n) is 4.23. The molecular formula is C13H11ClN2O3. The molecule has 0 radical (unpaired) electrons. The molecule has 19 heavy (non-hydrogen) atoms. The number of carbonyl (C=O) groups is 2. The summed E-state index contributed by atoms with van der Waals surface area (Å²) in [5.41, 5.74) is 0. The number of nitrogens with zero attached hydrogens (tertiary/aromatic N) is 2. The molecule has 4 heterocycles. The SMILES string of the molecule is O=C1[C@@H]2[C@@H](C(=O)N1c1ccc(Cl)cn1)[C@H]1CC[C@H]2O1. The molecule has 0 N–H and O–H groups in total. The highest BCUT2D eigenvalue weighted by molar-refractivity contribution is 6.30. The van der Waals surface area contributed by atoms with Gasteiger partial charge in [-0.1, -0.05) is 11.6 Å². The van der Waals surface area contributed by atoms with Gasteiger partial charge < -0.3 is 4.74 Å². The van der Waals surface area contributed by atoms with Gasteiger partial charge in [-0.3, -0.25) is 9.59 Å². The minimum absolute atomic E-state index is 0.0937. The van der Waals surface area contributed by atoms with E-state index in [1.54, 1.807) is 12.1 Å². The van der Waals surface area contributed by atoms with E-state index in [1.165, 1.54) is 11.1 Å². The lowest BCUT2D eigenvalue weighted by molar-refractivity contribution is -0.124. The first kappa shape index (κ1) is 11.4. The highest BCUT2D eigenvalue weighted by Gasteiger charge is 2.62. The number of anilines is 1. The number of imide groups is 1. The number of aromatic nitrogens is 1. The molecule has 3 fully saturated rings. The van der Waals surface area contributed by atoms with Gasteiger partial charge in [0.2, 0.25) is 11.8 Å². The maximum Gasteiger partial charge on any atom is 0.241 e. The average molecular weight is 279 g/mol. The molecule has 6 heteroatoms. The van der Waals surface area contributed by atoms with Crippen LogP contribution in [0.3, 0.4) is 0 Å². The third-order valence-corrected chi connectivity index (χ3v) is 4.45. The van der Waals surface area contributed by atoms with Gasteiger partial charge in [-0.25, -0.2) is 9.88 Å². The van der Waals surface area contributed by atoms with E-state index in [2.05, 4.69) is 4.98 Å². The maximum absolute atomic E-state index is 12.4. The molecule has 2 bridgehead atoms. The number of pyridine rings is 1. The fourth-order valence-corrected chi connectivity index (χ4v) is 3.55. The second-order valence-corrected chi connectivity index (χ2v) is 5.62. The molecule has 0 spiro atoms. The van der Waals surface area contributed by atoms with E-state index >= 15 is 0 Å². The first-order chi connectivity index (χ1) is 9.16. The molecular weight excluding hydrogens is 268 g/mol. The van der Waals surface area contributed by atoms with Crippen molar-refractivity contribution in [2.24, 2.45) is 11.8 Å². The highest BCUT2D eigenvalue weighted by atomic mass is 35.5. The Balaban J connectivity index is 1.73. The number of fused-ring (bicyclic) bond motifs is 5. The van der Waals surface area contributed by atoms with E-state index in [0.717, 1.165) is 12.8 Å². The van der Waals surface area contributed by atoms with Crippen molar-refractivity contribution in [3.05, 3.63) is 23.4 Å². The zero-order chi connectivity index (χ0) is 13.1. The van der Waals surface area contributed by atoms with E-state index < -0.39 is 0 Å². The van der Waals surface area contributed by atoms with Crippen molar-refractivity contribution in [3.63, 3.8) is 0 Å². The van der Waals surface area contributed by atoms with Crippen molar-refractivity contribution in [3.8, 4) is 0 Å². The maximum atomic E-state index is 12.4. The van der Waals surface area contributed by atoms with Crippen molar-refractivity contribution in [2.45, 2.75) is 25.0 Å². The zero-order valence-electron chi connectivity index (χ0n) is 9.95. The Hall–Kier alpha value is -1.46. The van der Waals surface area contributed by atoms with E-state index in [0.29, 0.717) is 10.8 Å². The van der Waals surface area contributed by atoms with Crippen LogP contribution < -0.4 is 4.90 Å². The standard InChI is InChI=1S/C13H11ClN2O3/c14-6-1-4-9(15-5-6)16-12(17)10-7-2-3-8(19-7)11(10)13(16)18/h1,4-5,7-8,10-11H,2-3H2/t7-,8-,10+,11+/m1/s1. The van der Waals surface area contributed by atoms with E-state index in [-0.39, 0.29) is 35.9 Å². The summed E-state index contributed by atoms with van der Waals surface area (Å²) < 4.78 is 5.67. The van der Waals surface area contributed by atoms with Crippen LogP contribution in [0.25, 0.3) is 0 Å². The van der Waals surface area contributed by atoms with Crippen molar-refractivity contribution < 1.29 is 14.3 Å². The summed E-state index contributed by atoms with van der Waals surface area (Å²) in [7, 11) is 0. The number of hydrogen-bond donors (Lipinski definition) is 0. The fourth-order valence-electron chi connectivity index (χ4n) is 3.44. The molecule has 98 valence electrons. The minimum atomic E-state index is -0.316. The molecule has 1 aromatic heterocycles. The molecule has 1 aromatic rings. The Labute approximate surface area is 114 Å². The van der Waals surface area contributed by atoms with Crippen molar-refractivity contribution >= 4 is 29.2 Å². The lowest BCUT2D eigenvalue weighted by Gasteiger charge is -2.16. The molecule has 4 rings (SSSR count). The van der Waals surface area contributed by atoms with Crippen LogP contribution >= 0.6 is 11.6 Å². The van der Waals surface area contributed by atoms with Gasteiger partial charge in [0.25, 0.3) is 0 Å². The fraction of sp³-hybridized carbons (Fsp3) is 0.462. The predicted molar refractivity (Wildman–Crippen MR) is 66.6 cm³/mol. The summed E-state index contributed by atoms with van der Waals surface area (Å²) >= 11 is 5.77. The monoisotopic (exact) mass is 278 g/mol. The smallest absolute Gasteiger partial charge is 0.241 e. The number of carbonyl (C=O) groups excluding carboxylic acids is 2. The van der Waals surface area contributed by atoms with Crippen LogP contribution in [0.2, 0.25) is 5.02 Å². The topological polar surface area (TPSA) is 59.5 Å². The first-order valence-corrected chi connectivity index (χ1v) is 6.69. The van der Waals surface area contributed by atoms with E-state index in [9.17, 15) is 9.59 Å². The molecule has 3 aliphatic rings. The largest absolute Gasteiger partial charge is 0.373 e. The number of hydrogen-bond acceptors (Lipinski definition) is 4. The molecule has 0 aromatic carbocycles. The molecule has 0 saturated carbocycles. The van der Waals surface area contributed by atoms with Crippen LogP contribution in [0.1, 0.15) is 12.8 Å². The molecule has 5 nitrogen and oxygen atoms in total. The van der Waals surface area contributed by atoms with E-state index in [1.807, 2.05) is 0 Å². The van der Waals surface area contributed by atoms with Gasteiger partial charge >= 0.3 is 0 Å². The summed E-state index contributed by atoms with van der Waals surface area (Å²) in [4.78, 5) is 30.1. The van der Waals surface area contributed by atoms with Gasteiger partial charge in [-0.2, -0.15) is 0 Å². The van der Waals surface area contributed by atoms with Crippen LogP contribution in [0.15, 0.2) is 18.3 Å². The summed E-state index contributed by atoms with van der Waals surface area (Å²) in [5.74, 6) is -0.644. The average Bonchev–Trinajstić information content (AvgIpc) is 3.06. The van der Waals surface area contributed by atoms with Crippen LogP contribution in [0.5, 0.6) is 0 Å². The van der Waals surface area contributed by atoms with Gasteiger partial charge in [-0.05, 0) is 25.0 Å². The van der Waals surface area contributed by atoms with Gasteiger partial charge in [0, 0.05) is 6.20 Å². The Kier molecular flexibility index (Phi) is 2.26. The predicted octanol–water partition coefficient (Wildman–Crippen LogP) is 1.40. The number of rotatable bonds is 1. The van der Waals surface area contributed by atoms with Gasteiger partial charge in [-0.15, -0.1) is 0 Å². The Morgan fingerprint density at radius 1 is 1.16 bits per heavy atom. The Morgan fingerprint density at radius 3 is 2.32 bits per heavy atom. The summed E-state index contributed by atoms with van der Waals surface area (Å²) in [6, 6.07) is 3.23. The molecule has 2 amide bonds. The van der Waals surface area contributed by atoms with E-state index in [4.69, 9.17) is 16.3 Å². The lowest BCUT2D eigenvalue weighted by atomic mass is 9.81. The summed E-state index contributed by atoms with van der Waals surface area (Å²) in [5, 5.41) is 0.478. The second kappa shape index (κ2) is 3.77. The molecule has 0 aliphatic carbocycles. The van der Waals surface area contributed by atoms with Crippen LogP contribution in [-0.2, 0) is 14.3 Å². The third kappa shape index (κ3) is 1.42. The second-order valence-electron chi connectivity index (χ2n) is 5.19. The first-order valence-electron chi connectivity index (χ1n) is 6.31. The van der Waals surface area contributed by atoms with Gasteiger partial charge in [0.15, 0.2) is 0 Å². The van der Waals surface area contributed by atoms with Gasteiger partial charge in [0.1, 0.15) is 5.82 Å².